The summed E-state index contributed by atoms with van der Waals surface area (Å²) in [5.74, 6) is 1.77. The van der Waals surface area contributed by atoms with E-state index in [1.807, 2.05) is 11.8 Å². The van der Waals surface area contributed by atoms with Crippen LogP contribution in [0, 0.1) is 0 Å². The van der Waals surface area contributed by atoms with Crippen LogP contribution >= 0.6 is 11.8 Å². The molecule has 0 saturated carbocycles. The van der Waals surface area contributed by atoms with Gasteiger partial charge in [-0.3, -0.25) is 0 Å². The molecule has 0 radical (unpaired) electrons. The lowest BCUT2D eigenvalue weighted by Gasteiger charge is -2.21. The molecule has 0 unspecified atom stereocenters. The fourth-order valence-electron chi connectivity index (χ4n) is 5.82. The van der Waals surface area contributed by atoms with Crippen molar-refractivity contribution in [3.05, 3.63) is 133 Å². The molecule has 0 atom stereocenters. The van der Waals surface area contributed by atoms with Crippen molar-refractivity contribution in [2.45, 2.75) is 9.79 Å². The van der Waals surface area contributed by atoms with Crippen LogP contribution in [0.4, 0.5) is 0 Å². The van der Waals surface area contributed by atoms with Crippen LogP contribution in [0.3, 0.4) is 0 Å². The summed E-state index contributed by atoms with van der Waals surface area (Å²) in [6.45, 7) is 0. The second-order valence-corrected chi connectivity index (χ2v) is 10.8. The second kappa shape index (κ2) is 8.51. The Morgan fingerprint density at radius 1 is 0.368 bits per heavy atom. The standard InChI is InChI=1S/C36H22OS/c1-2-11-24-23(9-1)10-7-15-25(24)26-12-3-4-13-27(26)32-20-21-33(37-32)28-19-22-35-36-30(28)16-8-17-31(36)29-14-5-6-18-34(29)38-35/h1-22H. The first-order chi connectivity index (χ1) is 18.8. The molecule has 0 amide bonds. The van der Waals surface area contributed by atoms with Gasteiger partial charge in [0.1, 0.15) is 11.5 Å². The molecule has 0 spiro atoms. The number of hydrogen-bond acceptors (Lipinski definition) is 2. The quantitative estimate of drug-likeness (QED) is 0.238. The fourth-order valence-corrected chi connectivity index (χ4v) is 6.95. The Morgan fingerprint density at radius 2 is 1.00 bits per heavy atom. The highest BCUT2D eigenvalue weighted by molar-refractivity contribution is 7.99. The molecule has 178 valence electrons. The SMILES string of the molecule is c1ccc2c(c1)Sc1ccc(-c3ccc(-c4ccccc4-c4cccc5ccccc45)o3)c3cccc-2c13. The summed E-state index contributed by atoms with van der Waals surface area (Å²) in [6, 6.07) is 47.6. The molecule has 8 rings (SSSR count). The van der Waals surface area contributed by atoms with Gasteiger partial charge in [0.05, 0.1) is 0 Å². The van der Waals surface area contributed by atoms with E-state index in [1.54, 1.807) is 0 Å². The molecular formula is C36H22OS. The van der Waals surface area contributed by atoms with Crippen LogP contribution in [0.25, 0.3) is 66.4 Å². The summed E-state index contributed by atoms with van der Waals surface area (Å²) in [6.07, 6.45) is 0. The van der Waals surface area contributed by atoms with Crippen molar-refractivity contribution in [2.75, 3.05) is 0 Å². The predicted molar refractivity (Wildman–Crippen MR) is 160 cm³/mol. The third-order valence-electron chi connectivity index (χ3n) is 7.54. The Kier molecular flexibility index (Phi) is 4.83. The monoisotopic (exact) mass is 502 g/mol. The van der Waals surface area contributed by atoms with Gasteiger partial charge in [-0.05, 0) is 68.7 Å². The molecule has 1 aliphatic heterocycles. The largest absolute Gasteiger partial charge is 0.456 e. The van der Waals surface area contributed by atoms with Crippen LogP contribution in [0.5, 0.6) is 0 Å². The van der Waals surface area contributed by atoms with Crippen LogP contribution in [0.2, 0.25) is 0 Å². The fraction of sp³-hybridized carbons (Fsp3) is 0. The first-order valence-corrected chi connectivity index (χ1v) is 13.7. The van der Waals surface area contributed by atoms with Gasteiger partial charge in [-0.2, -0.15) is 0 Å². The van der Waals surface area contributed by atoms with Gasteiger partial charge in [-0.25, -0.2) is 0 Å². The van der Waals surface area contributed by atoms with Crippen molar-refractivity contribution in [1.29, 1.82) is 0 Å². The number of rotatable bonds is 3. The van der Waals surface area contributed by atoms with Crippen molar-refractivity contribution in [3.63, 3.8) is 0 Å². The van der Waals surface area contributed by atoms with Crippen molar-refractivity contribution in [1.82, 2.24) is 0 Å². The molecule has 7 aromatic rings. The molecule has 1 nitrogen and oxygen atoms in total. The van der Waals surface area contributed by atoms with Crippen molar-refractivity contribution in [3.8, 4) is 44.9 Å². The zero-order valence-corrected chi connectivity index (χ0v) is 21.3. The van der Waals surface area contributed by atoms with E-state index in [4.69, 9.17) is 4.42 Å². The van der Waals surface area contributed by atoms with E-state index in [2.05, 4.69) is 133 Å². The van der Waals surface area contributed by atoms with E-state index < -0.39 is 0 Å². The van der Waals surface area contributed by atoms with Gasteiger partial charge in [-0.15, -0.1) is 0 Å². The third-order valence-corrected chi connectivity index (χ3v) is 8.68. The van der Waals surface area contributed by atoms with Crippen LogP contribution in [-0.4, -0.2) is 0 Å². The van der Waals surface area contributed by atoms with Gasteiger partial charge in [0, 0.05) is 26.3 Å². The van der Waals surface area contributed by atoms with Crippen LogP contribution in [0.15, 0.2) is 148 Å². The van der Waals surface area contributed by atoms with Crippen molar-refractivity contribution < 1.29 is 4.42 Å². The number of furan rings is 1. The van der Waals surface area contributed by atoms with E-state index in [0.29, 0.717) is 0 Å². The lowest BCUT2D eigenvalue weighted by molar-refractivity contribution is 0.598. The Morgan fingerprint density at radius 3 is 1.92 bits per heavy atom. The predicted octanol–water partition coefficient (Wildman–Crippen LogP) is 10.7. The lowest BCUT2D eigenvalue weighted by atomic mass is 9.94. The molecule has 0 saturated heterocycles. The third kappa shape index (κ3) is 3.27. The first kappa shape index (κ1) is 21.5. The van der Waals surface area contributed by atoms with Gasteiger partial charge in [-0.1, -0.05) is 115 Å². The van der Waals surface area contributed by atoms with E-state index in [-0.39, 0.29) is 0 Å². The summed E-state index contributed by atoms with van der Waals surface area (Å²) >= 11 is 1.85. The lowest BCUT2D eigenvalue weighted by Crippen LogP contribution is -1.93. The van der Waals surface area contributed by atoms with E-state index in [9.17, 15) is 0 Å². The normalized spacial score (nSPS) is 12.1. The molecule has 2 heteroatoms. The minimum Gasteiger partial charge on any atom is -0.456 e. The van der Waals surface area contributed by atoms with E-state index in [1.165, 1.54) is 53.6 Å². The highest BCUT2D eigenvalue weighted by Gasteiger charge is 2.21. The van der Waals surface area contributed by atoms with Gasteiger partial charge < -0.3 is 4.42 Å². The summed E-state index contributed by atoms with van der Waals surface area (Å²) < 4.78 is 6.63. The summed E-state index contributed by atoms with van der Waals surface area (Å²) in [4.78, 5) is 2.61. The zero-order chi connectivity index (χ0) is 25.1. The van der Waals surface area contributed by atoms with Gasteiger partial charge in [0.2, 0.25) is 0 Å². The van der Waals surface area contributed by atoms with Crippen LogP contribution in [-0.2, 0) is 0 Å². The topological polar surface area (TPSA) is 13.1 Å². The zero-order valence-electron chi connectivity index (χ0n) is 20.5. The average Bonchev–Trinajstić information content (AvgIpc) is 3.47. The molecule has 0 bridgehead atoms. The summed E-state index contributed by atoms with van der Waals surface area (Å²) in [5, 5.41) is 5.02. The Balaban J connectivity index is 1.28. The van der Waals surface area contributed by atoms with Crippen LogP contribution < -0.4 is 0 Å². The minimum absolute atomic E-state index is 0.878. The molecular weight excluding hydrogens is 480 g/mol. The molecule has 38 heavy (non-hydrogen) atoms. The number of hydrogen-bond donors (Lipinski definition) is 0. The molecule has 0 aliphatic carbocycles. The van der Waals surface area contributed by atoms with Gasteiger partial charge in [0.25, 0.3) is 0 Å². The molecule has 0 fully saturated rings. The number of fused-ring (bicyclic) bond motifs is 3. The molecule has 0 N–H and O–H groups in total. The molecule has 1 aliphatic rings. The van der Waals surface area contributed by atoms with E-state index in [0.717, 1.165) is 22.6 Å². The molecule has 2 heterocycles. The Labute approximate surface area is 225 Å². The maximum absolute atomic E-state index is 6.63. The minimum atomic E-state index is 0.878. The highest BCUT2D eigenvalue weighted by atomic mass is 32.2. The first-order valence-electron chi connectivity index (χ1n) is 12.9. The summed E-state index contributed by atoms with van der Waals surface area (Å²) in [7, 11) is 0. The average molecular weight is 503 g/mol. The smallest absolute Gasteiger partial charge is 0.135 e. The highest BCUT2D eigenvalue weighted by Crippen LogP contribution is 2.50. The van der Waals surface area contributed by atoms with Gasteiger partial charge in [0.15, 0.2) is 0 Å². The van der Waals surface area contributed by atoms with E-state index >= 15 is 0 Å². The number of benzene rings is 6. The molecule has 1 aromatic heterocycles. The van der Waals surface area contributed by atoms with Gasteiger partial charge >= 0.3 is 0 Å². The van der Waals surface area contributed by atoms with Crippen molar-refractivity contribution >= 4 is 33.3 Å². The Hall–Kier alpha value is -4.53. The van der Waals surface area contributed by atoms with Crippen LogP contribution in [0.1, 0.15) is 0 Å². The van der Waals surface area contributed by atoms with Crippen molar-refractivity contribution in [2.24, 2.45) is 0 Å². The maximum atomic E-state index is 6.63. The maximum Gasteiger partial charge on any atom is 0.135 e. The molecule has 6 aromatic carbocycles. The second-order valence-electron chi connectivity index (χ2n) is 9.67. The Bertz CT molecular complexity index is 2010. The summed E-state index contributed by atoms with van der Waals surface area (Å²) in [5.41, 5.74) is 7.21.